The molecule has 0 radical (unpaired) electrons. The minimum Gasteiger partial charge on any atom is -0.309 e. The molecule has 39 heavy (non-hydrogen) atoms. The summed E-state index contributed by atoms with van der Waals surface area (Å²) >= 11 is 1.74. The molecule has 0 spiro atoms. The van der Waals surface area contributed by atoms with Crippen molar-refractivity contribution >= 4 is 75.9 Å². The fourth-order valence-corrected chi connectivity index (χ4v) is 7.24. The Kier molecular flexibility index (Phi) is 4.21. The van der Waals surface area contributed by atoms with Crippen molar-refractivity contribution in [3.05, 3.63) is 127 Å². The van der Waals surface area contributed by atoms with Crippen molar-refractivity contribution in [2.45, 2.75) is 0 Å². The fraction of sp³-hybridized carbons (Fsp3) is 0. The van der Waals surface area contributed by atoms with E-state index in [1.54, 1.807) is 11.3 Å². The van der Waals surface area contributed by atoms with Gasteiger partial charge in [-0.3, -0.25) is 4.57 Å². The molecule has 3 heterocycles. The summed E-state index contributed by atoms with van der Waals surface area (Å²) in [5.41, 5.74) is 7.00. The molecule has 4 heteroatoms. The molecule has 9 aromatic rings. The number of rotatable bonds is 2. The van der Waals surface area contributed by atoms with E-state index in [2.05, 4.69) is 137 Å². The zero-order valence-electron chi connectivity index (χ0n) is 20.9. The van der Waals surface area contributed by atoms with Gasteiger partial charge in [0.1, 0.15) is 0 Å². The maximum atomic E-state index is 5.07. The second-order valence-corrected chi connectivity index (χ2v) is 11.1. The van der Waals surface area contributed by atoms with E-state index in [9.17, 15) is 0 Å². The van der Waals surface area contributed by atoms with Crippen molar-refractivity contribution in [2.75, 3.05) is 0 Å². The molecule has 182 valence electrons. The number of hydrogen-bond donors (Lipinski definition) is 0. The molecule has 0 bridgehead atoms. The highest BCUT2D eigenvalue weighted by Crippen LogP contribution is 2.42. The third-order valence-corrected chi connectivity index (χ3v) is 8.96. The molecule has 0 aliphatic carbocycles. The van der Waals surface area contributed by atoms with Crippen molar-refractivity contribution < 1.29 is 0 Å². The molecule has 0 saturated heterocycles. The van der Waals surface area contributed by atoms with Crippen molar-refractivity contribution in [3.63, 3.8) is 0 Å². The lowest BCUT2D eigenvalue weighted by molar-refractivity contribution is 1.14. The molecular formula is C35H21N3S. The molecule has 0 amide bonds. The van der Waals surface area contributed by atoms with Gasteiger partial charge in [0.15, 0.2) is 5.13 Å². The van der Waals surface area contributed by atoms with Gasteiger partial charge in [0, 0.05) is 32.6 Å². The molecule has 3 aromatic heterocycles. The van der Waals surface area contributed by atoms with E-state index < -0.39 is 0 Å². The molecule has 0 aliphatic rings. The van der Waals surface area contributed by atoms with Crippen LogP contribution in [0.2, 0.25) is 0 Å². The molecule has 0 atom stereocenters. The van der Waals surface area contributed by atoms with Gasteiger partial charge in [0.2, 0.25) is 0 Å². The van der Waals surface area contributed by atoms with Gasteiger partial charge in [-0.05, 0) is 47.9 Å². The van der Waals surface area contributed by atoms with Crippen LogP contribution in [0.1, 0.15) is 0 Å². The smallest absolute Gasteiger partial charge is 0.195 e. The Labute approximate surface area is 227 Å². The summed E-state index contributed by atoms with van der Waals surface area (Å²) in [5.74, 6) is 0. The highest BCUT2D eigenvalue weighted by molar-refractivity contribution is 7.20. The van der Waals surface area contributed by atoms with Crippen LogP contribution in [0.5, 0.6) is 0 Å². The van der Waals surface area contributed by atoms with Gasteiger partial charge in [0.25, 0.3) is 0 Å². The quantitative estimate of drug-likeness (QED) is 0.225. The molecule has 6 aromatic carbocycles. The van der Waals surface area contributed by atoms with Crippen molar-refractivity contribution in [1.82, 2.24) is 14.1 Å². The second-order valence-electron chi connectivity index (χ2n) is 10.1. The highest BCUT2D eigenvalue weighted by atomic mass is 32.1. The zero-order valence-corrected chi connectivity index (χ0v) is 21.7. The van der Waals surface area contributed by atoms with E-state index in [1.807, 2.05) is 0 Å². The Morgan fingerprint density at radius 2 is 1.21 bits per heavy atom. The lowest BCUT2D eigenvalue weighted by Crippen LogP contribution is -1.95. The van der Waals surface area contributed by atoms with Gasteiger partial charge in [0.05, 0.1) is 32.3 Å². The van der Waals surface area contributed by atoms with E-state index in [4.69, 9.17) is 4.98 Å². The van der Waals surface area contributed by atoms with Crippen molar-refractivity contribution in [2.24, 2.45) is 0 Å². The topological polar surface area (TPSA) is 22.8 Å². The maximum absolute atomic E-state index is 5.07. The molecule has 0 unspecified atom stereocenters. The van der Waals surface area contributed by atoms with Crippen LogP contribution in [0.25, 0.3) is 75.4 Å². The Hall–Kier alpha value is -4.93. The zero-order chi connectivity index (χ0) is 25.5. The van der Waals surface area contributed by atoms with Crippen LogP contribution in [0.4, 0.5) is 0 Å². The Balaban J connectivity index is 1.50. The van der Waals surface area contributed by atoms with Crippen LogP contribution in [-0.2, 0) is 0 Å². The molecular weight excluding hydrogens is 494 g/mol. The van der Waals surface area contributed by atoms with E-state index in [0.29, 0.717) is 0 Å². The van der Waals surface area contributed by atoms with Crippen molar-refractivity contribution in [1.29, 1.82) is 0 Å². The first kappa shape index (κ1) is 21.1. The largest absolute Gasteiger partial charge is 0.309 e. The number of benzene rings is 6. The van der Waals surface area contributed by atoms with Gasteiger partial charge in [-0.1, -0.05) is 96.3 Å². The SMILES string of the molecule is c1ccc(-n2c3cc4c(cc3c3ccc5ccccc5c32)c2ccccc2n4-c2nc3ccccc3s2)cc1. The third-order valence-electron chi connectivity index (χ3n) is 7.93. The highest BCUT2D eigenvalue weighted by Gasteiger charge is 2.20. The summed E-state index contributed by atoms with van der Waals surface area (Å²) in [7, 11) is 0. The Morgan fingerprint density at radius 3 is 2.10 bits per heavy atom. The van der Waals surface area contributed by atoms with Crippen LogP contribution >= 0.6 is 11.3 Å². The summed E-state index contributed by atoms with van der Waals surface area (Å²) in [6.07, 6.45) is 0. The number of thiazole rings is 1. The molecule has 0 N–H and O–H groups in total. The van der Waals surface area contributed by atoms with Crippen LogP contribution in [0.15, 0.2) is 127 Å². The number of fused-ring (bicyclic) bond motifs is 9. The first-order chi connectivity index (χ1) is 19.3. The van der Waals surface area contributed by atoms with Crippen LogP contribution in [0.3, 0.4) is 0 Å². The number of aromatic nitrogens is 3. The molecule has 0 fully saturated rings. The first-order valence-electron chi connectivity index (χ1n) is 13.2. The predicted molar refractivity (Wildman–Crippen MR) is 166 cm³/mol. The average Bonchev–Trinajstić information content (AvgIpc) is 3.66. The van der Waals surface area contributed by atoms with Gasteiger partial charge in [-0.25, -0.2) is 4.98 Å². The summed E-state index contributed by atoms with van der Waals surface area (Å²) in [5, 5.41) is 8.53. The van der Waals surface area contributed by atoms with E-state index >= 15 is 0 Å². The van der Waals surface area contributed by atoms with E-state index in [0.717, 1.165) is 16.3 Å². The lowest BCUT2D eigenvalue weighted by Gasteiger charge is -2.10. The van der Waals surface area contributed by atoms with Gasteiger partial charge in [-0.15, -0.1) is 0 Å². The van der Waals surface area contributed by atoms with Crippen LogP contribution < -0.4 is 0 Å². The van der Waals surface area contributed by atoms with Gasteiger partial charge >= 0.3 is 0 Å². The average molecular weight is 516 g/mol. The van der Waals surface area contributed by atoms with Crippen LogP contribution in [0, 0.1) is 0 Å². The lowest BCUT2D eigenvalue weighted by atomic mass is 10.0. The molecule has 0 saturated carbocycles. The summed E-state index contributed by atoms with van der Waals surface area (Å²) in [6.45, 7) is 0. The molecule has 3 nitrogen and oxygen atoms in total. The fourth-order valence-electron chi connectivity index (χ4n) is 6.25. The molecule has 0 aliphatic heterocycles. The maximum Gasteiger partial charge on any atom is 0.195 e. The Bertz CT molecular complexity index is 2360. The van der Waals surface area contributed by atoms with Crippen molar-refractivity contribution in [3.8, 4) is 10.8 Å². The first-order valence-corrected chi connectivity index (χ1v) is 14.0. The minimum absolute atomic E-state index is 0.995. The minimum atomic E-state index is 0.995. The summed E-state index contributed by atoms with van der Waals surface area (Å²) in [6, 6.07) is 45.8. The number of nitrogens with zero attached hydrogens (tertiary/aromatic N) is 3. The van der Waals surface area contributed by atoms with E-state index in [1.165, 1.54) is 59.1 Å². The standard InChI is InChI=1S/C35H21N3S/c1-2-11-23(12-3-1)37-31-21-32-27(20-28(31)26-19-18-22-10-4-5-13-24(22)34(26)37)25-14-6-8-16-30(25)38(32)35-36-29-15-7-9-17-33(29)39-35/h1-21H. The second kappa shape index (κ2) is 7.79. The number of para-hydroxylation sites is 3. The normalized spacial score (nSPS) is 12.1. The van der Waals surface area contributed by atoms with Gasteiger partial charge < -0.3 is 4.57 Å². The third kappa shape index (κ3) is 2.89. The van der Waals surface area contributed by atoms with Gasteiger partial charge in [-0.2, -0.15) is 0 Å². The monoisotopic (exact) mass is 515 g/mol. The number of hydrogen-bond acceptors (Lipinski definition) is 2. The summed E-state index contributed by atoms with van der Waals surface area (Å²) in [4.78, 5) is 5.07. The van der Waals surface area contributed by atoms with E-state index in [-0.39, 0.29) is 0 Å². The van der Waals surface area contributed by atoms with Crippen LogP contribution in [-0.4, -0.2) is 14.1 Å². The predicted octanol–water partition coefficient (Wildman–Crippen LogP) is 9.64. The Morgan fingerprint density at radius 1 is 0.487 bits per heavy atom. The molecule has 9 rings (SSSR count). The summed E-state index contributed by atoms with van der Waals surface area (Å²) < 4.78 is 5.98.